The molecular formula is C12H10BrF2NO. The van der Waals surface area contributed by atoms with Crippen molar-refractivity contribution in [3.8, 4) is 12.3 Å². The molecule has 0 aliphatic heterocycles. The molecule has 0 aliphatic carbocycles. The van der Waals surface area contributed by atoms with E-state index >= 15 is 0 Å². The maximum atomic E-state index is 13.5. The van der Waals surface area contributed by atoms with Gasteiger partial charge in [0.25, 0.3) is 5.91 Å². The molecule has 0 saturated carbocycles. The fraction of sp³-hybridized carbons (Fsp3) is 0.250. The molecule has 0 saturated heterocycles. The minimum atomic E-state index is -0.969. The number of nitrogens with one attached hydrogen (secondary N) is 1. The number of carbonyl (C=O) groups is 1. The van der Waals surface area contributed by atoms with Gasteiger partial charge >= 0.3 is 0 Å². The highest BCUT2D eigenvalue weighted by Crippen LogP contribution is 2.20. The van der Waals surface area contributed by atoms with E-state index in [0.29, 0.717) is 0 Å². The first kappa shape index (κ1) is 13.7. The Morgan fingerprint density at radius 2 is 1.88 bits per heavy atom. The van der Waals surface area contributed by atoms with Crippen LogP contribution in [0.4, 0.5) is 8.78 Å². The second-order valence-corrected chi connectivity index (χ2v) is 4.88. The zero-order valence-corrected chi connectivity index (χ0v) is 10.9. The Hall–Kier alpha value is -1.41. The van der Waals surface area contributed by atoms with Crippen molar-refractivity contribution >= 4 is 21.8 Å². The van der Waals surface area contributed by atoms with Gasteiger partial charge in [-0.15, -0.1) is 6.42 Å². The van der Waals surface area contributed by atoms with Crippen molar-refractivity contribution in [2.45, 2.75) is 19.4 Å². The number of halogens is 3. The van der Waals surface area contributed by atoms with Gasteiger partial charge in [0, 0.05) is 4.47 Å². The summed E-state index contributed by atoms with van der Waals surface area (Å²) in [7, 11) is 0. The molecule has 1 N–H and O–H groups in total. The number of amides is 1. The molecule has 0 aliphatic rings. The van der Waals surface area contributed by atoms with Crippen molar-refractivity contribution in [3.63, 3.8) is 0 Å². The molecule has 5 heteroatoms. The van der Waals surface area contributed by atoms with E-state index in [1.54, 1.807) is 13.8 Å². The van der Waals surface area contributed by atoms with Crippen molar-refractivity contribution in [1.82, 2.24) is 5.32 Å². The lowest BCUT2D eigenvalue weighted by molar-refractivity contribution is 0.0921. The molecule has 1 aromatic rings. The van der Waals surface area contributed by atoms with Crippen molar-refractivity contribution in [2.24, 2.45) is 0 Å². The summed E-state index contributed by atoms with van der Waals surface area (Å²) in [6.07, 6.45) is 5.17. The van der Waals surface area contributed by atoms with E-state index in [1.165, 1.54) is 0 Å². The van der Waals surface area contributed by atoms with E-state index in [0.717, 1.165) is 12.1 Å². The second-order valence-electron chi connectivity index (χ2n) is 3.97. The van der Waals surface area contributed by atoms with Gasteiger partial charge in [0.1, 0.15) is 17.2 Å². The standard InChI is InChI=1S/C12H10BrF2NO/c1-4-12(2,3)16-11(17)10-8(14)5-7(13)6-9(10)15/h1,5-6H,2-3H3,(H,16,17). The molecule has 0 unspecified atom stereocenters. The van der Waals surface area contributed by atoms with Crippen LogP contribution in [0.2, 0.25) is 0 Å². The van der Waals surface area contributed by atoms with Gasteiger partial charge in [-0.2, -0.15) is 0 Å². The van der Waals surface area contributed by atoms with Gasteiger partial charge in [-0.25, -0.2) is 8.78 Å². The molecule has 0 aromatic heterocycles. The van der Waals surface area contributed by atoms with Crippen molar-refractivity contribution in [3.05, 3.63) is 33.8 Å². The predicted octanol–water partition coefficient (Wildman–Crippen LogP) is 2.87. The Bertz CT molecular complexity index is 483. The van der Waals surface area contributed by atoms with Crippen LogP contribution in [-0.2, 0) is 0 Å². The molecule has 1 amide bonds. The first-order valence-electron chi connectivity index (χ1n) is 4.71. The van der Waals surface area contributed by atoms with Crippen LogP contribution in [-0.4, -0.2) is 11.4 Å². The summed E-state index contributed by atoms with van der Waals surface area (Å²) in [5, 5.41) is 2.35. The molecule has 1 aromatic carbocycles. The zero-order valence-electron chi connectivity index (χ0n) is 9.27. The average molecular weight is 302 g/mol. The summed E-state index contributed by atoms with van der Waals surface area (Å²) in [4.78, 5) is 11.7. The molecule has 90 valence electrons. The molecule has 0 heterocycles. The summed E-state index contributed by atoms with van der Waals surface area (Å²) in [6, 6.07) is 2.03. The van der Waals surface area contributed by atoms with Crippen LogP contribution in [0.1, 0.15) is 24.2 Å². The van der Waals surface area contributed by atoms with Crippen LogP contribution < -0.4 is 5.32 Å². The van der Waals surface area contributed by atoms with E-state index in [9.17, 15) is 13.6 Å². The SMILES string of the molecule is C#CC(C)(C)NC(=O)c1c(F)cc(Br)cc1F. The van der Waals surface area contributed by atoms with E-state index in [1.807, 2.05) is 0 Å². The van der Waals surface area contributed by atoms with Crippen LogP contribution in [0.15, 0.2) is 16.6 Å². The monoisotopic (exact) mass is 301 g/mol. The van der Waals surface area contributed by atoms with E-state index in [4.69, 9.17) is 6.42 Å². The quantitative estimate of drug-likeness (QED) is 0.836. The number of benzene rings is 1. The van der Waals surface area contributed by atoms with Crippen molar-refractivity contribution < 1.29 is 13.6 Å². The number of carbonyl (C=O) groups excluding carboxylic acids is 1. The lowest BCUT2D eigenvalue weighted by Crippen LogP contribution is -2.42. The lowest BCUT2D eigenvalue weighted by atomic mass is 10.1. The minimum absolute atomic E-state index is 0.222. The molecule has 17 heavy (non-hydrogen) atoms. The van der Waals surface area contributed by atoms with Gasteiger partial charge in [0.15, 0.2) is 0 Å². The lowest BCUT2D eigenvalue weighted by Gasteiger charge is -2.19. The van der Waals surface area contributed by atoms with E-state index in [-0.39, 0.29) is 4.47 Å². The van der Waals surface area contributed by atoms with Gasteiger partial charge in [-0.05, 0) is 26.0 Å². The molecule has 1 rings (SSSR count). The first-order chi connectivity index (χ1) is 7.76. The van der Waals surface area contributed by atoms with Gasteiger partial charge in [-0.1, -0.05) is 21.9 Å². The summed E-state index contributed by atoms with van der Waals surface area (Å²) in [6.45, 7) is 3.11. The highest BCUT2D eigenvalue weighted by molar-refractivity contribution is 9.10. The Balaban J connectivity index is 3.11. The van der Waals surface area contributed by atoms with E-state index in [2.05, 4.69) is 27.2 Å². The topological polar surface area (TPSA) is 29.1 Å². The van der Waals surface area contributed by atoms with Crippen molar-refractivity contribution in [1.29, 1.82) is 0 Å². The molecule has 0 radical (unpaired) electrons. The Morgan fingerprint density at radius 3 is 2.29 bits per heavy atom. The van der Waals surface area contributed by atoms with Crippen LogP contribution in [0, 0.1) is 24.0 Å². The largest absolute Gasteiger partial charge is 0.336 e. The van der Waals surface area contributed by atoms with Gasteiger partial charge in [0.05, 0.1) is 5.54 Å². The van der Waals surface area contributed by atoms with Gasteiger partial charge in [0.2, 0.25) is 0 Å². The third kappa shape index (κ3) is 3.27. The van der Waals surface area contributed by atoms with Gasteiger partial charge < -0.3 is 5.32 Å². The fourth-order valence-electron chi connectivity index (χ4n) is 1.14. The third-order valence-corrected chi connectivity index (χ3v) is 2.48. The van der Waals surface area contributed by atoms with Crippen LogP contribution in [0.3, 0.4) is 0 Å². The molecule has 2 nitrogen and oxygen atoms in total. The zero-order chi connectivity index (χ0) is 13.2. The maximum Gasteiger partial charge on any atom is 0.258 e. The summed E-state index contributed by atoms with van der Waals surface area (Å²) in [5.74, 6) is -0.458. The van der Waals surface area contributed by atoms with E-state index < -0.39 is 28.6 Å². The van der Waals surface area contributed by atoms with Crippen LogP contribution in [0.5, 0.6) is 0 Å². The minimum Gasteiger partial charge on any atom is -0.336 e. The molecular weight excluding hydrogens is 292 g/mol. The normalized spacial score (nSPS) is 10.8. The average Bonchev–Trinajstić information content (AvgIpc) is 2.14. The van der Waals surface area contributed by atoms with Crippen LogP contribution in [0.25, 0.3) is 0 Å². The summed E-state index contributed by atoms with van der Waals surface area (Å²) >= 11 is 2.93. The summed E-state index contributed by atoms with van der Waals surface area (Å²) < 4.78 is 27.1. The van der Waals surface area contributed by atoms with Crippen molar-refractivity contribution in [2.75, 3.05) is 0 Å². The molecule has 0 fully saturated rings. The predicted molar refractivity (Wildman–Crippen MR) is 64.4 cm³/mol. The number of hydrogen-bond acceptors (Lipinski definition) is 1. The smallest absolute Gasteiger partial charge is 0.258 e. The highest BCUT2D eigenvalue weighted by Gasteiger charge is 2.23. The number of terminal acetylenes is 1. The Morgan fingerprint density at radius 1 is 1.41 bits per heavy atom. The fourth-order valence-corrected chi connectivity index (χ4v) is 1.54. The Kier molecular flexibility index (Phi) is 3.89. The Labute approximate surface area is 107 Å². The first-order valence-corrected chi connectivity index (χ1v) is 5.51. The van der Waals surface area contributed by atoms with Gasteiger partial charge in [-0.3, -0.25) is 4.79 Å². The second kappa shape index (κ2) is 4.84. The molecule has 0 bridgehead atoms. The molecule has 0 atom stereocenters. The maximum absolute atomic E-state index is 13.5. The highest BCUT2D eigenvalue weighted by atomic mass is 79.9. The third-order valence-electron chi connectivity index (χ3n) is 2.02. The summed E-state index contributed by atoms with van der Waals surface area (Å²) in [5.41, 5.74) is -1.61. The van der Waals surface area contributed by atoms with Crippen LogP contribution >= 0.6 is 15.9 Å². The number of rotatable bonds is 2. The number of hydrogen-bond donors (Lipinski definition) is 1. The molecule has 0 spiro atoms.